The molecule has 1 aliphatic carbocycles. The Kier molecular flexibility index (Phi) is 6.85. The van der Waals surface area contributed by atoms with Crippen LogP contribution in [0.5, 0.6) is 5.75 Å². The minimum Gasteiger partial charge on any atom is -0.506 e. The molecular weight excluding hydrogens is 495 g/mol. The molecule has 2 amide bonds. The maximum absolute atomic E-state index is 14.2. The molecule has 1 heterocycles. The maximum atomic E-state index is 14.2. The van der Waals surface area contributed by atoms with Gasteiger partial charge in [-0.25, -0.2) is 0 Å². The summed E-state index contributed by atoms with van der Waals surface area (Å²) in [6.07, 6.45) is -0.753. The van der Waals surface area contributed by atoms with E-state index < -0.39 is 29.8 Å². The highest BCUT2D eigenvalue weighted by molar-refractivity contribution is 6.32. The Morgan fingerprint density at radius 3 is 2.42 bits per heavy atom. The number of amides is 2. The van der Waals surface area contributed by atoms with Crippen LogP contribution < -0.4 is 10.6 Å². The topological polar surface area (TPSA) is 91.3 Å². The molecule has 0 radical (unpaired) electrons. The summed E-state index contributed by atoms with van der Waals surface area (Å²) >= 11 is 6.16. The molecule has 4 rings (SSSR count). The van der Waals surface area contributed by atoms with Crippen molar-refractivity contribution in [1.82, 2.24) is 4.98 Å². The van der Waals surface area contributed by atoms with Gasteiger partial charge in [0.15, 0.2) is 5.41 Å². The summed E-state index contributed by atoms with van der Waals surface area (Å²) < 4.78 is 42.6. The van der Waals surface area contributed by atoms with Gasteiger partial charge in [0.1, 0.15) is 11.4 Å². The lowest BCUT2D eigenvalue weighted by Gasteiger charge is -2.33. The van der Waals surface area contributed by atoms with E-state index >= 15 is 0 Å². The van der Waals surface area contributed by atoms with Gasteiger partial charge in [0, 0.05) is 16.9 Å². The van der Waals surface area contributed by atoms with Gasteiger partial charge in [0.25, 0.3) is 5.91 Å². The third-order valence-electron chi connectivity index (χ3n) is 5.69. The number of aromatic hydroxyl groups is 1. The molecule has 1 aromatic heterocycles. The van der Waals surface area contributed by atoms with E-state index in [2.05, 4.69) is 15.6 Å². The SMILES string of the molecule is O=C(Nc1cc(NC(=O)C2(C(F)(F)F)C=CC(c3ccccc3Cl)=CC2)ccc1O)c1ccccn1. The van der Waals surface area contributed by atoms with Crippen molar-refractivity contribution in [3.8, 4) is 5.75 Å². The van der Waals surface area contributed by atoms with E-state index in [1.54, 1.807) is 36.4 Å². The number of phenolic OH excluding ortho intramolecular Hbond substituents is 1. The number of benzene rings is 2. The number of hydrogen-bond donors (Lipinski definition) is 3. The van der Waals surface area contributed by atoms with E-state index in [1.807, 2.05) is 0 Å². The summed E-state index contributed by atoms with van der Waals surface area (Å²) in [5, 5.41) is 15.2. The zero-order valence-corrected chi connectivity index (χ0v) is 19.3. The van der Waals surface area contributed by atoms with E-state index in [4.69, 9.17) is 11.6 Å². The van der Waals surface area contributed by atoms with E-state index in [-0.39, 0.29) is 22.8 Å². The van der Waals surface area contributed by atoms with Crippen LogP contribution >= 0.6 is 11.6 Å². The molecule has 6 nitrogen and oxygen atoms in total. The van der Waals surface area contributed by atoms with Crippen LogP contribution in [0.4, 0.5) is 24.5 Å². The first kappa shape index (κ1) is 25.0. The van der Waals surface area contributed by atoms with Gasteiger partial charge in [0.2, 0.25) is 5.91 Å². The fraction of sp³-hybridized carbons (Fsp3) is 0.115. The Balaban J connectivity index is 1.57. The van der Waals surface area contributed by atoms with Crippen LogP contribution in [0.25, 0.3) is 5.57 Å². The standard InChI is InChI=1S/C26H19ClF3N3O3/c27-19-6-2-1-5-18(19)16-10-12-25(13-11-16,26(28,29)30)24(36)32-17-8-9-22(34)21(15-17)33-23(35)20-7-3-4-14-31-20/h1-12,14-15,34H,13H2,(H,32,36)(H,33,35). The molecular formula is C26H19ClF3N3O3. The third-order valence-corrected chi connectivity index (χ3v) is 6.02. The Morgan fingerprint density at radius 1 is 1.03 bits per heavy atom. The monoisotopic (exact) mass is 513 g/mol. The second kappa shape index (κ2) is 9.87. The fourth-order valence-corrected chi connectivity index (χ4v) is 3.93. The molecule has 36 heavy (non-hydrogen) atoms. The van der Waals surface area contributed by atoms with Crippen LogP contribution in [-0.2, 0) is 4.79 Å². The van der Waals surface area contributed by atoms with Crippen molar-refractivity contribution >= 4 is 40.4 Å². The summed E-state index contributed by atoms with van der Waals surface area (Å²) in [5.74, 6) is -2.30. The first-order valence-corrected chi connectivity index (χ1v) is 11.1. The van der Waals surface area contributed by atoms with Crippen molar-refractivity contribution in [2.24, 2.45) is 5.41 Å². The molecule has 2 aromatic carbocycles. The Labute approximate surface area is 209 Å². The van der Waals surface area contributed by atoms with Crippen LogP contribution in [0.15, 0.2) is 85.1 Å². The molecule has 1 atom stereocenters. The minimum atomic E-state index is -4.90. The zero-order chi connectivity index (χ0) is 25.9. The van der Waals surface area contributed by atoms with Gasteiger partial charge in [-0.15, -0.1) is 0 Å². The zero-order valence-electron chi connectivity index (χ0n) is 18.5. The highest BCUT2D eigenvalue weighted by Crippen LogP contribution is 2.47. The molecule has 1 aliphatic rings. The quantitative estimate of drug-likeness (QED) is 0.279. The largest absolute Gasteiger partial charge is 0.506 e. The van der Waals surface area contributed by atoms with Crippen molar-refractivity contribution in [1.29, 1.82) is 0 Å². The number of aromatic nitrogens is 1. The average molecular weight is 514 g/mol. The summed E-state index contributed by atoms with van der Waals surface area (Å²) in [7, 11) is 0. The molecule has 0 saturated carbocycles. The van der Waals surface area contributed by atoms with Crippen LogP contribution in [0, 0.1) is 5.41 Å². The van der Waals surface area contributed by atoms with Gasteiger partial charge in [-0.05, 0) is 54.0 Å². The number of anilines is 2. The number of rotatable bonds is 5. The molecule has 184 valence electrons. The minimum absolute atomic E-state index is 0.0490. The van der Waals surface area contributed by atoms with Crippen LogP contribution in [0.3, 0.4) is 0 Å². The van der Waals surface area contributed by atoms with E-state index in [9.17, 15) is 27.9 Å². The van der Waals surface area contributed by atoms with Gasteiger partial charge in [0.05, 0.1) is 5.69 Å². The van der Waals surface area contributed by atoms with Gasteiger partial charge in [-0.1, -0.05) is 54.1 Å². The van der Waals surface area contributed by atoms with E-state index in [1.165, 1.54) is 30.5 Å². The summed E-state index contributed by atoms with van der Waals surface area (Å²) in [5.41, 5.74) is -1.89. The summed E-state index contributed by atoms with van der Waals surface area (Å²) in [4.78, 5) is 29.2. The number of carbonyl (C=O) groups excluding carboxylic acids is 2. The predicted octanol–water partition coefficient (Wildman–Crippen LogP) is 6.22. The van der Waals surface area contributed by atoms with Gasteiger partial charge in [-0.2, -0.15) is 13.2 Å². The molecule has 0 fully saturated rings. The summed E-state index contributed by atoms with van der Waals surface area (Å²) in [6, 6.07) is 14.9. The molecule has 1 unspecified atom stereocenters. The fourth-order valence-electron chi connectivity index (χ4n) is 3.68. The molecule has 0 saturated heterocycles. The van der Waals surface area contributed by atoms with Crippen molar-refractivity contribution in [2.75, 3.05) is 10.6 Å². The van der Waals surface area contributed by atoms with Crippen molar-refractivity contribution in [3.05, 3.63) is 101 Å². The Morgan fingerprint density at radius 2 is 1.78 bits per heavy atom. The van der Waals surface area contributed by atoms with Crippen molar-refractivity contribution in [2.45, 2.75) is 12.6 Å². The van der Waals surface area contributed by atoms with Crippen LogP contribution in [-0.4, -0.2) is 28.1 Å². The Hall–Kier alpha value is -4.11. The van der Waals surface area contributed by atoms with Crippen molar-refractivity contribution in [3.63, 3.8) is 0 Å². The molecule has 0 spiro atoms. The maximum Gasteiger partial charge on any atom is 0.406 e. The lowest BCUT2D eigenvalue weighted by Crippen LogP contribution is -2.47. The normalized spacial score (nSPS) is 17.3. The highest BCUT2D eigenvalue weighted by Gasteiger charge is 2.58. The smallest absolute Gasteiger partial charge is 0.406 e. The molecule has 3 aromatic rings. The average Bonchev–Trinajstić information content (AvgIpc) is 2.86. The van der Waals surface area contributed by atoms with Gasteiger partial charge < -0.3 is 15.7 Å². The van der Waals surface area contributed by atoms with Crippen LogP contribution in [0.1, 0.15) is 22.5 Å². The first-order valence-electron chi connectivity index (χ1n) is 10.7. The molecule has 3 N–H and O–H groups in total. The highest BCUT2D eigenvalue weighted by atomic mass is 35.5. The first-order chi connectivity index (χ1) is 17.1. The second-order valence-corrected chi connectivity index (χ2v) is 8.41. The number of alkyl halides is 3. The lowest BCUT2D eigenvalue weighted by atomic mass is 9.77. The second-order valence-electron chi connectivity index (χ2n) is 8.00. The molecule has 0 aliphatic heterocycles. The third kappa shape index (κ3) is 4.96. The van der Waals surface area contributed by atoms with Crippen molar-refractivity contribution < 1.29 is 27.9 Å². The number of phenols is 1. The molecule has 10 heteroatoms. The molecule has 0 bridgehead atoms. The predicted molar refractivity (Wildman–Crippen MR) is 131 cm³/mol. The number of halogens is 4. The van der Waals surface area contributed by atoms with E-state index in [0.717, 1.165) is 18.2 Å². The lowest BCUT2D eigenvalue weighted by molar-refractivity contribution is -0.203. The van der Waals surface area contributed by atoms with Gasteiger partial charge >= 0.3 is 6.18 Å². The number of nitrogens with one attached hydrogen (secondary N) is 2. The number of allylic oxidation sites excluding steroid dienone is 3. The Bertz CT molecular complexity index is 1370. The van der Waals surface area contributed by atoms with Crippen LogP contribution in [0.2, 0.25) is 5.02 Å². The number of carbonyl (C=O) groups is 2. The number of pyridine rings is 1. The summed E-state index contributed by atoms with van der Waals surface area (Å²) in [6.45, 7) is 0. The number of nitrogens with zero attached hydrogens (tertiary/aromatic N) is 1. The van der Waals surface area contributed by atoms with Gasteiger partial charge in [-0.3, -0.25) is 14.6 Å². The number of hydrogen-bond acceptors (Lipinski definition) is 4. The van der Waals surface area contributed by atoms with E-state index in [0.29, 0.717) is 16.2 Å².